The lowest BCUT2D eigenvalue weighted by Gasteiger charge is -2.29. The van der Waals surface area contributed by atoms with Gasteiger partial charge in [-0.25, -0.2) is 13.1 Å². The Morgan fingerprint density at radius 3 is 2.38 bits per heavy atom. The molecule has 1 N–H and O–H groups in total. The van der Waals surface area contributed by atoms with Gasteiger partial charge in [0.1, 0.15) is 11.6 Å². The van der Waals surface area contributed by atoms with E-state index in [1.807, 2.05) is 0 Å². The normalized spacial score (nSPS) is 22.4. The van der Waals surface area contributed by atoms with Crippen LogP contribution in [0.1, 0.15) is 37.7 Å². The zero-order chi connectivity index (χ0) is 28.3. The van der Waals surface area contributed by atoms with Crippen molar-refractivity contribution in [2.45, 2.75) is 59.2 Å². The quantitative estimate of drug-likeness (QED) is 0.441. The summed E-state index contributed by atoms with van der Waals surface area (Å²) in [5, 5.41) is 15.9. The SMILES string of the molecule is N#CC1(NC(=O)[C@@H]2C[C@@H](S(=O)(=O)c3ccc(-n4cccn4)cc3Cl)CN2C(=O)C2(c3ccc(Cl)cc3)CC2)CC1. The van der Waals surface area contributed by atoms with E-state index in [4.69, 9.17) is 23.2 Å². The topological polar surface area (TPSA) is 125 Å². The molecule has 9 nitrogen and oxygen atoms in total. The largest absolute Gasteiger partial charge is 0.336 e. The van der Waals surface area contributed by atoms with Crippen molar-refractivity contribution >= 4 is 44.9 Å². The first-order valence-electron chi connectivity index (χ1n) is 12.9. The zero-order valence-corrected chi connectivity index (χ0v) is 23.6. The highest BCUT2D eigenvalue weighted by atomic mass is 35.5. The number of halogens is 2. The molecule has 0 unspecified atom stereocenters. The minimum atomic E-state index is -4.03. The van der Waals surface area contributed by atoms with E-state index in [0.717, 1.165) is 5.56 Å². The third kappa shape index (κ3) is 4.56. The summed E-state index contributed by atoms with van der Waals surface area (Å²) < 4.78 is 29.3. The Morgan fingerprint density at radius 1 is 1.07 bits per heavy atom. The predicted molar refractivity (Wildman–Crippen MR) is 148 cm³/mol. The summed E-state index contributed by atoms with van der Waals surface area (Å²) in [5.41, 5.74) is -0.418. The summed E-state index contributed by atoms with van der Waals surface area (Å²) in [6, 6.07) is 14.4. The maximum absolute atomic E-state index is 14.0. The summed E-state index contributed by atoms with van der Waals surface area (Å²) in [6.45, 7) is -0.161. The molecule has 2 aliphatic carbocycles. The molecule has 12 heteroatoms. The van der Waals surface area contributed by atoms with Gasteiger partial charge in [0.15, 0.2) is 9.84 Å². The summed E-state index contributed by atoms with van der Waals surface area (Å²) in [4.78, 5) is 28.8. The monoisotopic (exact) mass is 597 g/mol. The fourth-order valence-corrected chi connectivity index (χ4v) is 7.83. The van der Waals surface area contributed by atoms with Crippen LogP contribution >= 0.6 is 23.2 Å². The van der Waals surface area contributed by atoms with Gasteiger partial charge in [-0.3, -0.25) is 9.59 Å². The van der Waals surface area contributed by atoms with Crippen LogP contribution in [0, 0.1) is 11.3 Å². The lowest BCUT2D eigenvalue weighted by molar-refractivity contribution is -0.140. The van der Waals surface area contributed by atoms with Crippen LogP contribution in [0.15, 0.2) is 65.8 Å². The number of carbonyl (C=O) groups excluding carboxylic acids is 2. The van der Waals surface area contributed by atoms with Gasteiger partial charge in [0.2, 0.25) is 11.8 Å². The van der Waals surface area contributed by atoms with E-state index >= 15 is 0 Å². The van der Waals surface area contributed by atoms with Crippen molar-refractivity contribution in [3.63, 3.8) is 0 Å². The molecule has 206 valence electrons. The number of amides is 2. The van der Waals surface area contributed by atoms with Crippen LogP contribution < -0.4 is 5.32 Å². The number of nitriles is 1. The molecule has 40 heavy (non-hydrogen) atoms. The fraction of sp³-hybridized carbons (Fsp3) is 0.357. The summed E-state index contributed by atoms with van der Waals surface area (Å²) in [6.07, 6.45) is 5.41. The third-order valence-corrected chi connectivity index (χ3v) is 11.0. The van der Waals surface area contributed by atoms with Gasteiger partial charge in [0.05, 0.1) is 32.3 Å². The molecule has 0 spiro atoms. The van der Waals surface area contributed by atoms with Crippen molar-refractivity contribution in [3.05, 3.63) is 76.5 Å². The Kier molecular flexibility index (Phi) is 6.44. The molecule has 2 atom stereocenters. The molecular formula is C28H25Cl2N5O4S. The summed E-state index contributed by atoms with van der Waals surface area (Å²) >= 11 is 12.5. The van der Waals surface area contributed by atoms with Crippen molar-refractivity contribution in [2.24, 2.45) is 0 Å². The number of hydrogen-bond donors (Lipinski definition) is 1. The second kappa shape index (κ2) is 9.61. The van der Waals surface area contributed by atoms with Crippen LogP contribution in [0.4, 0.5) is 0 Å². The molecule has 1 saturated heterocycles. The Labute approximate surface area is 241 Å². The second-order valence-electron chi connectivity index (χ2n) is 10.7. The van der Waals surface area contributed by atoms with Crippen LogP contribution in [0.2, 0.25) is 10.0 Å². The number of benzene rings is 2. The van der Waals surface area contributed by atoms with E-state index in [2.05, 4.69) is 16.5 Å². The second-order valence-corrected chi connectivity index (χ2v) is 13.8. The van der Waals surface area contributed by atoms with Gasteiger partial charge in [-0.05, 0) is 74.1 Å². The van der Waals surface area contributed by atoms with E-state index in [1.54, 1.807) is 53.5 Å². The van der Waals surface area contributed by atoms with Crippen molar-refractivity contribution in [1.82, 2.24) is 20.0 Å². The standard InChI is InChI=1S/C28H25Cl2N5O4S/c29-19-4-2-18(3-5-19)28(10-11-28)26(37)34-16-21(15-23(34)25(36)33-27(17-31)8-9-27)40(38,39)24-7-6-20(14-22(24)30)35-13-1-12-32-35/h1-7,12-14,21,23H,8-11,15-16H2,(H,33,36)/t21-,23+/m1/s1. The van der Waals surface area contributed by atoms with Crippen molar-refractivity contribution < 1.29 is 18.0 Å². The smallest absolute Gasteiger partial charge is 0.244 e. The van der Waals surface area contributed by atoms with Crippen LogP contribution in [0.3, 0.4) is 0 Å². The molecule has 3 fully saturated rings. The minimum absolute atomic E-state index is 0.0278. The highest BCUT2D eigenvalue weighted by molar-refractivity contribution is 7.92. The summed E-state index contributed by atoms with van der Waals surface area (Å²) in [5.74, 6) is -0.813. The molecule has 0 radical (unpaired) electrons. The van der Waals surface area contributed by atoms with Crippen LogP contribution in [-0.2, 0) is 24.8 Å². The molecule has 2 amide bonds. The predicted octanol–water partition coefficient (Wildman–Crippen LogP) is 3.83. The van der Waals surface area contributed by atoms with Crippen LogP contribution in [-0.4, -0.2) is 58.3 Å². The lowest BCUT2D eigenvalue weighted by atomic mass is 9.94. The number of carbonyl (C=O) groups is 2. The maximum Gasteiger partial charge on any atom is 0.244 e. The van der Waals surface area contributed by atoms with Crippen LogP contribution in [0.25, 0.3) is 5.69 Å². The van der Waals surface area contributed by atoms with Gasteiger partial charge < -0.3 is 10.2 Å². The molecule has 1 aliphatic heterocycles. The fourth-order valence-electron chi connectivity index (χ4n) is 5.46. The highest BCUT2D eigenvalue weighted by Gasteiger charge is 2.58. The molecule has 2 aromatic carbocycles. The first kappa shape index (κ1) is 26.8. The van der Waals surface area contributed by atoms with Crippen molar-refractivity contribution in [2.75, 3.05) is 6.54 Å². The Morgan fingerprint density at radius 2 is 1.80 bits per heavy atom. The Bertz CT molecular complexity index is 1640. The number of hydrogen-bond acceptors (Lipinski definition) is 6. The lowest BCUT2D eigenvalue weighted by Crippen LogP contribution is -2.51. The molecule has 2 saturated carbocycles. The number of nitrogens with zero attached hydrogens (tertiary/aromatic N) is 4. The highest BCUT2D eigenvalue weighted by Crippen LogP contribution is 2.51. The number of nitrogens with one attached hydrogen (secondary N) is 1. The molecular weight excluding hydrogens is 573 g/mol. The maximum atomic E-state index is 14.0. The molecule has 3 aliphatic rings. The van der Waals surface area contributed by atoms with E-state index < -0.39 is 38.0 Å². The van der Waals surface area contributed by atoms with Crippen LogP contribution in [0.5, 0.6) is 0 Å². The molecule has 3 aromatic rings. The first-order valence-corrected chi connectivity index (χ1v) is 15.2. The first-order chi connectivity index (χ1) is 19.1. The Balaban J connectivity index is 1.32. The molecule has 6 rings (SSSR count). The van der Waals surface area contributed by atoms with Crippen molar-refractivity contribution in [3.8, 4) is 11.8 Å². The molecule has 1 aromatic heterocycles. The van der Waals surface area contributed by atoms with Gasteiger partial charge in [0, 0.05) is 24.0 Å². The Hall–Kier alpha value is -3.39. The van der Waals surface area contributed by atoms with Gasteiger partial charge in [0.25, 0.3) is 0 Å². The van der Waals surface area contributed by atoms with E-state index in [0.29, 0.717) is 36.4 Å². The van der Waals surface area contributed by atoms with Gasteiger partial charge in [-0.1, -0.05) is 35.3 Å². The minimum Gasteiger partial charge on any atom is -0.336 e. The van der Waals surface area contributed by atoms with Gasteiger partial charge in [-0.2, -0.15) is 10.4 Å². The number of aromatic nitrogens is 2. The number of sulfone groups is 1. The van der Waals surface area contributed by atoms with E-state index in [1.165, 1.54) is 17.0 Å². The molecule has 2 heterocycles. The zero-order valence-electron chi connectivity index (χ0n) is 21.3. The molecule has 0 bridgehead atoms. The van der Waals surface area contributed by atoms with Gasteiger partial charge >= 0.3 is 0 Å². The number of rotatable bonds is 7. The van der Waals surface area contributed by atoms with E-state index in [-0.39, 0.29) is 28.8 Å². The number of likely N-dealkylation sites (tertiary alicyclic amines) is 1. The van der Waals surface area contributed by atoms with E-state index in [9.17, 15) is 23.3 Å². The average molecular weight is 599 g/mol. The van der Waals surface area contributed by atoms with Crippen molar-refractivity contribution in [1.29, 1.82) is 5.26 Å². The van der Waals surface area contributed by atoms with Gasteiger partial charge in [-0.15, -0.1) is 0 Å². The summed E-state index contributed by atoms with van der Waals surface area (Å²) in [7, 11) is -4.03. The average Bonchev–Trinajstić information content (AvgIpc) is 3.78. The third-order valence-electron chi connectivity index (χ3n) is 8.14.